The molecule has 0 spiro atoms. The molecular formula is C21H22N2O2. The molecule has 1 atom stereocenters. The number of hydrogen-bond donors (Lipinski definition) is 1. The predicted molar refractivity (Wildman–Crippen MR) is 101 cm³/mol. The number of carbonyl (C=O) groups is 1. The average Bonchev–Trinajstić information content (AvgIpc) is 3.20. The van der Waals surface area contributed by atoms with Gasteiger partial charge in [-0.3, -0.25) is 4.79 Å². The molecule has 1 N–H and O–H groups in total. The highest BCUT2D eigenvalue weighted by Gasteiger charge is 2.20. The molecule has 1 aromatic heterocycles. The second-order valence-corrected chi connectivity index (χ2v) is 6.89. The first-order valence-electron chi connectivity index (χ1n) is 8.76. The Labute approximate surface area is 147 Å². The van der Waals surface area contributed by atoms with Crippen molar-refractivity contribution in [2.24, 2.45) is 5.92 Å². The number of hydrogen-bond acceptors (Lipinski definition) is 3. The first kappa shape index (κ1) is 15.8. The van der Waals surface area contributed by atoms with Crippen molar-refractivity contribution in [1.82, 2.24) is 0 Å². The molecule has 2 heterocycles. The number of aryl methyl sites for hydroxylation is 1. The van der Waals surface area contributed by atoms with Crippen LogP contribution in [0.2, 0.25) is 0 Å². The Bertz CT molecular complexity index is 911. The summed E-state index contributed by atoms with van der Waals surface area (Å²) in [6.45, 7) is 6.40. The normalized spacial score (nSPS) is 17.2. The van der Waals surface area contributed by atoms with E-state index in [0.717, 1.165) is 41.2 Å². The number of carbonyl (C=O) groups excluding carboxylic acids is 1. The van der Waals surface area contributed by atoms with Gasteiger partial charge in [-0.2, -0.15) is 0 Å². The van der Waals surface area contributed by atoms with E-state index in [1.54, 1.807) is 0 Å². The molecular weight excluding hydrogens is 312 g/mol. The standard InChI is InChI=1S/C21H22N2O2/c1-14-11-12-23(13-14)17-9-7-16(8-10-17)22-21(24)20-15(2)18-5-3-4-6-19(18)25-20/h3-10,14H,11-13H2,1-2H3,(H,22,24). The highest BCUT2D eigenvalue weighted by molar-refractivity contribution is 6.06. The molecule has 3 aromatic rings. The SMILES string of the molecule is Cc1c(C(=O)Nc2ccc(N3CCC(C)C3)cc2)oc2ccccc12. The maximum Gasteiger partial charge on any atom is 0.291 e. The molecule has 1 unspecified atom stereocenters. The van der Waals surface area contributed by atoms with E-state index in [4.69, 9.17) is 4.42 Å². The number of furan rings is 1. The van der Waals surface area contributed by atoms with Crippen LogP contribution < -0.4 is 10.2 Å². The fraction of sp³-hybridized carbons (Fsp3) is 0.286. The van der Waals surface area contributed by atoms with Crippen LogP contribution in [0, 0.1) is 12.8 Å². The van der Waals surface area contributed by atoms with E-state index < -0.39 is 0 Å². The Morgan fingerprint density at radius 3 is 2.60 bits per heavy atom. The van der Waals surface area contributed by atoms with Crippen LogP contribution in [0.1, 0.15) is 29.5 Å². The monoisotopic (exact) mass is 334 g/mol. The summed E-state index contributed by atoms with van der Waals surface area (Å²) in [5, 5.41) is 3.91. The lowest BCUT2D eigenvalue weighted by molar-refractivity contribution is 0.0998. The Balaban J connectivity index is 1.51. The zero-order valence-electron chi connectivity index (χ0n) is 14.6. The van der Waals surface area contributed by atoms with Crippen molar-refractivity contribution in [2.45, 2.75) is 20.3 Å². The molecule has 0 saturated carbocycles. The minimum absolute atomic E-state index is 0.212. The molecule has 4 nitrogen and oxygen atoms in total. The average molecular weight is 334 g/mol. The van der Waals surface area contributed by atoms with Crippen LogP contribution in [0.25, 0.3) is 11.0 Å². The van der Waals surface area contributed by atoms with Crippen molar-refractivity contribution in [3.63, 3.8) is 0 Å². The van der Waals surface area contributed by atoms with E-state index in [-0.39, 0.29) is 5.91 Å². The van der Waals surface area contributed by atoms with E-state index in [1.165, 1.54) is 12.1 Å². The second-order valence-electron chi connectivity index (χ2n) is 6.89. The molecule has 4 heteroatoms. The quantitative estimate of drug-likeness (QED) is 0.745. The summed E-state index contributed by atoms with van der Waals surface area (Å²) >= 11 is 0. The number of fused-ring (bicyclic) bond motifs is 1. The minimum atomic E-state index is -0.212. The van der Waals surface area contributed by atoms with Gasteiger partial charge in [-0.05, 0) is 49.6 Å². The van der Waals surface area contributed by atoms with Gasteiger partial charge < -0.3 is 14.6 Å². The van der Waals surface area contributed by atoms with Crippen molar-refractivity contribution in [1.29, 1.82) is 0 Å². The largest absolute Gasteiger partial charge is 0.451 e. The zero-order chi connectivity index (χ0) is 17.4. The summed E-state index contributed by atoms with van der Waals surface area (Å²) in [7, 11) is 0. The zero-order valence-corrected chi connectivity index (χ0v) is 14.6. The summed E-state index contributed by atoms with van der Waals surface area (Å²) in [5.74, 6) is 0.908. The topological polar surface area (TPSA) is 45.5 Å². The van der Waals surface area contributed by atoms with Crippen LogP contribution in [-0.2, 0) is 0 Å². The van der Waals surface area contributed by atoms with Crippen molar-refractivity contribution >= 4 is 28.3 Å². The van der Waals surface area contributed by atoms with Crippen LogP contribution in [0.3, 0.4) is 0 Å². The molecule has 1 amide bonds. The highest BCUT2D eigenvalue weighted by atomic mass is 16.3. The van der Waals surface area contributed by atoms with Gasteiger partial charge >= 0.3 is 0 Å². The molecule has 128 valence electrons. The molecule has 0 bridgehead atoms. The van der Waals surface area contributed by atoms with Gasteiger partial charge in [-0.15, -0.1) is 0 Å². The number of amides is 1. The molecule has 1 saturated heterocycles. The third kappa shape index (κ3) is 3.00. The van der Waals surface area contributed by atoms with Gasteiger partial charge in [-0.25, -0.2) is 0 Å². The second kappa shape index (κ2) is 6.28. The van der Waals surface area contributed by atoms with Gasteiger partial charge in [0.05, 0.1) is 0 Å². The Hall–Kier alpha value is -2.75. The van der Waals surface area contributed by atoms with Gasteiger partial charge in [0, 0.05) is 35.4 Å². The fourth-order valence-corrected chi connectivity index (χ4v) is 3.50. The van der Waals surface area contributed by atoms with Crippen LogP contribution in [0.4, 0.5) is 11.4 Å². The highest BCUT2D eigenvalue weighted by Crippen LogP contribution is 2.27. The van der Waals surface area contributed by atoms with Crippen LogP contribution in [0.15, 0.2) is 52.9 Å². The van der Waals surface area contributed by atoms with Crippen molar-refractivity contribution in [3.05, 3.63) is 59.9 Å². The molecule has 0 radical (unpaired) electrons. The van der Waals surface area contributed by atoms with Crippen LogP contribution in [0.5, 0.6) is 0 Å². The van der Waals surface area contributed by atoms with Crippen molar-refractivity contribution in [3.8, 4) is 0 Å². The number of rotatable bonds is 3. The Kier molecular flexibility index (Phi) is 3.96. The Morgan fingerprint density at radius 2 is 1.92 bits per heavy atom. The fourth-order valence-electron chi connectivity index (χ4n) is 3.50. The van der Waals surface area contributed by atoms with E-state index in [2.05, 4.69) is 29.3 Å². The molecule has 2 aromatic carbocycles. The molecule has 0 aliphatic carbocycles. The van der Waals surface area contributed by atoms with Crippen LogP contribution in [-0.4, -0.2) is 19.0 Å². The number of benzene rings is 2. The van der Waals surface area contributed by atoms with E-state index in [9.17, 15) is 4.79 Å². The van der Waals surface area contributed by atoms with Crippen LogP contribution >= 0.6 is 0 Å². The van der Waals surface area contributed by atoms with Crippen molar-refractivity contribution in [2.75, 3.05) is 23.3 Å². The summed E-state index contributed by atoms with van der Waals surface area (Å²) in [4.78, 5) is 15.0. The molecule has 1 aliphatic rings. The summed E-state index contributed by atoms with van der Waals surface area (Å²) < 4.78 is 5.73. The number of nitrogens with one attached hydrogen (secondary N) is 1. The van der Waals surface area contributed by atoms with Gasteiger partial charge in [-0.1, -0.05) is 25.1 Å². The lowest BCUT2D eigenvalue weighted by Gasteiger charge is -2.18. The van der Waals surface area contributed by atoms with E-state index >= 15 is 0 Å². The minimum Gasteiger partial charge on any atom is -0.451 e. The number of anilines is 2. The first-order valence-corrected chi connectivity index (χ1v) is 8.76. The van der Waals surface area contributed by atoms with E-state index in [1.807, 2.05) is 43.3 Å². The first-order chi connectivity index (χ1) is 12.1. The van der Waals surface area contributed by atoms with Gasteiger partial charge in [0.2, 0.25) is 0 Å². The predicted octanol–water partition coefficient (Wildman–Crippen LogP) is 4.84. The Morgan fingerprint density at radius 1 is 1.16 bits per heavy atom. The summed E-state index contributed by atoms with van der Waals surface area (Å²) in [5.41, 5.74) is 3.60. The lowest BCUT2D eigenvalue weighted by Crippen LogP contribution is -2.19. The molecule has 25 heavy (non-hydrogen) atoms. The van der Waals surface area contributed by atoms with Gasteiger partial charge in [0.1, 0.15) is 5.58 Å². The van der Waals surface area contributed by atoms with Crippen molar-refractivity contribution < 1.29 is 9.21 Å². The summed E-state index contributed by atoms with van der Waals surface area (Å²) in [6, 6.07) is 15.7. The summed E-state index contributed by atoms with van der Waals surface area (Å²) in [6.07, 6.45) is 1.24. The van der Waals surface area contributed by atoms with Gasteiger partial charge in [0.15, 0.2) is 5.76 Å². The number of nitrogens with zero attached hydrogens (tertiary/aromatic N) is 1. The van der Waals surface area contributed by atoms with Gasteiger partial charge in [0.25, 0.3) is 5.91 Å². The lowest BCUT2D eigenvalue weighted by atomic mass is 10.1. The maximum atomic E-state index is 12.6. The number of para-hydroxylation sites is 1. The third-order valence-corrected chi connectivity index (χ3v) is 4.96. The molecule has 1 aliphatic heterocycles. The third-order valence-electron chi connectivity index (χ3n) is 4.96. The molecule has 4 rings (SSSR count). The maximum absolute atomic E-state index is 12.6. The smallest absolute Gasteiger partial charge is 0.291 e. The van der Waals surface area contributed by atoms with E-state index in [0.29, 0.717) is 5.76 Å². The molecule has 1 fully saturated rings.